The number of rotatable bonds is 3. The van der Waals surface area contributed by atoms with Crippen LogP contribution in [0.3, 0.4) is 0 Å². The van der Waals surface area contributed by atoms with Crippen molar-refractivity contribution < 1.29 is 9.53 Å². The summed E-state index contributed by atoms with van der Waals surface area (Å²) in [6.45, 7) is 3.50. The first-order valence-corrected chi connectivity index (χ1v) is 9.49. The van der Waals surface area contributed by atoms with Gasteiger partial charge in [0.25, 0.3) is 5.91 Å². The summed E-state index contributed by atoms with van der Waals surface area (Å²) in [7, 11) is 3.35. The highest BCUT2D eigenvalue weighted by molar-refractivity contribution is 5.96. The molecule has 8 heteroatoms. The number of ether oxygens (including phenoxy) is 1. The van der Waals surface area contributed by atoms with Gasteiger partial charge in [0.05, 0.1) is 7.11 Å². The maximum absolute atomic E-state index is 12.9. The van der Waals surface area contributed by atoms with Crippen LogP contribution in [0.4, 0.5) is 5.95 Å². The van der Waals surface area contributed by atoms with Crippen LogP contribution >= 0.6 is 0 Å². The van der Waals surface area contributed by atoms with Crippen molar-refractivity contribution in [3.63, 3.8) is 0 Å². The minimum absolute atomic E-state index is 0.00820. The third-order valence-electron chi connectivity index (χ3n) is 5.83. The predicted molar refractivity (Wildman–Crippen MR) is 101 cm³/mol. The Morgan fingerprint density at radius 1 is 1.15 bits per heavy atom. The summed E-state index contributed by atoms with van der Waals surface area (Å²) in [6.07, 6.45) is 9.69. The number of nitrogens with zero attached hydrogens (tertiary/aromatic N) is 6. The second-order valence-corrected chi connectivity index (χ2v) is 7.59. The zero-order chi connectivity index (χ0) is 18.9. The van der Waals surface area contributed by atoms with Crippen molar-refractivity contribution in [1.29, 1.82) is 0 Å². The van der Waals surface area contributed by atoms with Gasteiger partial charge < -0.3 is 14.5 Å². The van der Waals surface area contributed by atoms with Gasteiger partial charge in [-0.2, -0.15) is 0 Å². The first-order chi connectivity index (χ1) is 13.1. The SMILES string of the molecule is COc1nn(C)cc1C(=O)N1CCC2(CCCN(c3ncccn3)C2)CC1. The molecule has 0 atom stereocenters. The van der Waals surface area contributed by atoms with Gasteiger partial charge in [-0.1, -0.05) is 0 Å². The Morgan fingerprint density at radius 2 is 1.89 bits per heavy atom. The molecule has 27 heavy (non-hydrogen) atoms. The van der Waals surface area contributed by atoms with Gasteiger partial charge in [0, 0.05) is 51.8 Å². The van der Waals surface area contributed by atoms with Crippen LogP contribution in [0.25, 0.3) is 0 Å². The normalized spacial score (nSPS) is 19.3. The first-order valence-electron chi connectivity index (χ1n) is 9.49. The molecule has 144 valence electrons. The maximum atomic E-state index is 12.9. The van der Waals surface area contributed by atoms with E-state index in [-0.39, 0.29) is 11.3 Å². The third kappa shape index (κ3) is 3.48. The van der Waals surface area contributed by atoms with Crippen molar-refractivity contribution in [3.05, 3.63) is 30.2 Å². The van der Waals surface area contributed by atoms with E-state index in [4.69, 9.17) is 4.74 Å². The van der Waals surface area contributed by atoms with Gasteiger partial charge in [0.2, 0.25) is 11.8 Å². The molecule has 2 aliphatic heterocycles. The number of methoxy groups -OCH3 is 1. The van der Waals surface area contributed by atoms with Crippen LogP contribution < -0.4 is 9.64 Å². The van der Waals surface area contributed by atoms with Crippen LogP contribution in [0.5, 0.6) is 5.88 Å². The van der Waals surface area contributed by atoms with E-state index in [9.17, 15) is 4.79 Å². The quantitative estimate of drug-likeness (QED) is 0.819. The summed E-state index contributed by atoms with van der Waals surface area (Å²) in [6, 6.07) is 1.85. The molecular formula is C19H26N6O2. The van der Waals surface area contributed by atoms with Crippen LogP contribution in [-0.4, -0.2) is 63.8 Å². The lowest BCUT2D eigenvalue weighted by atomic mass is 9.72. The van der Waals surface area contributed by atoms with Gasteiger partial charge in [0.1, 0.15) is 5.56 Å². The number of piperidine rings is 2. The molecular weight excluding hydrogens is 344 g/mol. The molecule has 0 radical (unpaired) electrons. The van der Waals surface area contributed by atoms with Crippen LogP contribution in [0.1, 0.15) is 36.0 Å². The van der Waals surface area contributed by atoms with Gasteiger partial charge in [0.15, 0.2) is 0 Å². The topological polar surface area (TPSA) is 76.4 Å². The smallest absolute Gasteiger partial charge is 0.260 e. The molecule has 2 aliphatic rings. The molecule has 2 aromatic heterocycles. The van der Waals surface area contributed by atoms with Crippen molar-refractivity contribution in [2.75, 3.05) is 38.2 Å². The van der Waals surface area contributed by atoms with Crippen molar-refractivity contribution in [1.82, 2.24) is 24.6 Å². The number of carbonyl (C=O) groups excluding carboxylic acids is 1. The van der Waals surface area contributed by atoms with E-state index in [0.717, 1.165) is 51.4 Å². The molecule has 4 rings (SSSR count). The van der Waals surface area contributed by atoms with Crippen LogP contribution in [-0.2, 0) is 7.05 Å². The van der Waals surface area contributed by atoms with E-state index in [2.05, 4.69) is 20.0 Å². The number of hydrogen-bond acceptors (Lipinski definition) is 6. The first kappa shape index (κ1) is 17.8. The predicted octanol–water partition coefficient (Wildman–Crippen LogP) is 1.74. The van der Waals surface area contributed by atoms with E-state index in [0.29, 0.717) is 11.4 Å². The van der Waals surface area contributed by atoms with Gasteiger partial charge >= 0.3 is 0 Å². The monoisotopic (exact) mass is 370 g/mol. The van der Waals surface area contributed by atoms with E-state index in [1.165, 1.54) is 6.42 Å². The van der Waals surface area contributed by atoms with E-state index < -0.39 is 0 Å². The molecule has 0 saturated carbocycles. The lowest BCUT2D eigenvalue weighted by molar-refractivity contribution is 0.0537. The number of amides is 1. The molecule has 1 amide bonds. The zero-order valence-electron chi connectivity index (χ0n) is 16.0. The highest BCUT2D eigenvalue weighted by Gasteiger charge is 2.40. The minimum atomic E-state index is 0.00820. The van der Waals surface area contributed by atoms with Crippen molar-refractivity contribution >= 4 is 11.9 Å². The average molecular weight is 370 g/mol. The van der Waals surface area contributed by atoms with Crippen molar-refractivity contribution in [3.8, 4) is 5.88 Å². The lowest BCUT2D eigenvalue weighted by Gasteiger charge is -2.47. The fourth-order valence-electron chi connectivity index (χ4n) is 4.36. The van der Waals surface area contributed by atoms with Crippen molar-refractivity contribution in [2.45, 2.75) is 25.7 Å². The lowest BCUT2D eigenvalue weighted by Crippen LogP contribution is -2.51. The van der Waals surface area contributed by atoms with Crippen molar-refractivity contribution in [2.24, 2.45) is 12.5 Å². The van der Waals surface area contributed by atoms with Gasteiger partial charge in [-0.25, -0.2) is 9.97 Å². The summed E-state index contributed by atoms with van der Waals surface area (Å²) >= 11 is 0. The molecule has 2 saturated heterocycles. The van der Waals surface area contributed by atoms with E-state index >= 15 is 0 Å². The molecule has 2 aromatic rings. The maximum Gasteiger partial charge on any atom is 0.260 e. The summed E-state index contributed by atoms with van der Waals surface area (Å²) in [5.74, 6) is 1.22. The molecule has 1 spiro atoms. The third-order valence-corrected chi connectivity index (χ3v) is 5.83. The fraction of sp³-hybridized carbons (Fsp3) is 0.579. The molecule has 0 bridgehead atoms. The second kappa shape index (κ2) is 7.17. The Morgan fingerprint density at radius 3 is 2.59 bits per heavy atom. The van der Waals surface area contributed by atoms with Crippen LogP contribution in [0, 0.1) is 5.41 Å². The number of carbonyl (C=O) groups is 1. The van der Waals surface area contributed by atoms with E-state index in [1.54, 1.807) is 37.4 Å². The highest BCUT2D eigenvalue weighted by atomic mass is 16.5. The highest BCUT2D eigenvalue weighted by Crippen LogP contribution is 2.41. The molecule has 8 nitrogen and oxygen atoms in total. The number of aryl methyl sites for hydroxylation is 1. The van der Waals surface area contributed by atoms with Gasteiger partial charge in [-0.05, 0) is 37.2 Å². The Balaban J connectivity index is 1.43. The number of hydrogen-bond donors (Lipinski definition) is 0. The fourth-order valence-corrected chi connectivity index (χ4v) is 4.36. The molecule has 4 heterocycles. The zero-order valence-corrected chi connectivity index (χ0v) is 16.0. The van der Waals surface area contributed by atoms with Crippen LogP contribution in [0.2, 0.25) is 0 Å². The molecule has 0 aromatic carbocycles. The minimum Gasteiger partial charge on any atom is -0.479 e. The van der Waals surface area contributed by atoms with Gasteiger partial charge in [-0.3, -0.25) is 9.48 Å². The summed E-state index contributed by atoms with van der Waals surface area (Å²) in [4.78, 5) is 26.0. The molecule has 0 N–H and O–H groups in total. The van der Waals surface area contributed by atoms with Gasteiger partial charge in [-0.15, -0.1) is 5.10 Å². The Labute approximate surface area is 159 Å². The molecule has 0 aliphatic carbocycles. The summed E-state index contributed by atoms with van der Waals surface area (Å²) < 4.78 is 6.87. The largest absolute Gasteiger partial charge is 0.479 e. The average Bonchev–Trinajstić information content (AvgIpc) is 3.10. The molecule has 0 unspecified atom stereocenters. The number of anilines is 1. The van der Waals surface area contributed by atoms with Crippen LogP contribution in [0.15, 0.2) is 24.7 Å². The summed E-state index contributed by atoms with van der Waals surface area (Å²) in [5, 5.41) is 4.20. The van der Waals surface area contributed by atoms with E-state index in [1.807, 2.05) is 11.0 Å². The number of likely N-dealkylation sites (tertiary alicyclic amines) is 1. The Kier molecular flexibility index (Phi) is 4.72. The summed E-state index contributed by atoms with van der Waals surface area (Å²) in [5.41, 5.74) is 0.784. The molecule has 2 fully saturated rings. The second-order valence-electron chi connectivity index (χ2n) is 7.59. The Hall–Kier alpha value is -2.64. The Bertz CT molecular complexity index is 798. The number of aromatic nitrogens is 4. The standard InChI is InChI=1S/C19H26N6O2/c1-23-13-15(16(22-23)27-2)17(26)24-11-6-19(7-12-24)5-3-10-25(14-19)18-20-8-4-9-21-18/h4,8-9,13H,3,5-7,10-12,14H2,1-2H3.